The first-order valence-electron chi connectivity index (χ1n) is 6.96. The standard InChI is InChI=1S/C15H19ClFNO2/c16-14-7-12(17)5-6-13(14)15(20)18-8-10-3-1-2-4-11(10)9-19/h5-7,10-11,19H,1-4,8-9H2,(H,18,20). The minimum absolute atomic E-state index is 0.116. The molecule has 3 nitrogen and oxygen atoms in total. The van der Waals surface area contributed by atoms with Crippen molar-refractivity contribution in [1.82, 2.24) is 5.32 Å². The molecular formula is C15H19ClFNO2. The van der Waals surface area contributed by atoms with Crippen LogP contribution >= 0.6 is 11.6 Å². The summed E-state index contributed by atoms with van der Waals surface area (Å²) in [5.41, 5.74) is 0.282. The van der Waals surface area contributed by atoms with Crippen LogP contribution in [0.4, 0.5) is 4.39 Å². The van der Waals surface area contributed by atoms with Gasteiger partial charge in [-0.3, -0.25) is 4.79 Å². The molecule has 0 radical (unpaired) electrons. The van der Waals surface area contributed by atoms with E-state index in [0.29, 0.717) is 12.5 Å². The number of nitrogens with one attached hydrogen (secondary N) is 1. The van der Waals surface area contributed by atoms with Gasteiger partial charge in [0.1, 0.15) is 5.82 Å². The number of hydrogen-bond acceptors (Lipinski definition) is 2. The molecule has 1 amide bonds. The van der Waals surface area contributed by atoms with E-state index in [1.807, 2.05) is 0 Å². The van der Waals surface area contributed by atoms with Crippen LogP contribution in [0, 0.1) is 17.7 Å². The zero-order chi connectivity index (χ0) is 14.5. The molecule has 0 aliphatic heterocycles. The van der Waals surface area contributed by atoms with Crippen LogP contribution in [0.3, 0.4) is 0 Å². The highest BCUT2D eigenvalue weighted by Gasteiger charge is 2.25. The van der Waals surface area contributed by atoms with Crippen molar-refractivity contribution in [2.75, 3.05) is 13.2 Å². The molecule has 0 aromatic heterocycles. The largest absolute Gasteiger partial charge is 0.396 e. The summed E-state index contributed by atoms with van der Waals surface area (Å²) < 4.78 is 12.9. The van der Waals surface area contributed by atoms with Crippen LogP contribution < -0.4 is 5.32 Å². The summed E-state index contributed by atoms with van der Waals surface area (Å²) in [6.45, 7) is 0.690. The predicted octanol–water partition coefficient (Wildman–Crippen LogP) is 3.01. The lowest BCUT2D eigenvalue weighted by Crippen LogP contribution is -2.35. The molecule has 0 bridgehead atoms. The van der Waals surface area contributed by atoms with Crippen molar-refractivity contribution in [3.8, 4) is 0 Å². The first kappa shape index (κ1) is 15.3. The number of aliphatic hydroxyl groups is 1. The number of carbonyl (C=O) groups excluding carboxylic acids is 1. The van der Waals surface area contributed by atoms with Crippen LogP contribution in [0.25, 0.3) is 0 Å². The second-order valence-electron chi connectivity index (χ2n) is 5.32. The summed E-state index contributed by atoms with van der Waals surface area (Å²) in [6, 6.07) is 3.74. The molecule has 2 rings (SSSR count). The third-order valence-electron chi connectivity index (χ3n) is 4.00. The molecule has 0 saturated heterocycles. The number of rotatable bonds is 4. The smallest absolute Gasteiger partial charge is 0.252 e. The molecule has 110 valence electrons. The molecule has 1 aliphatic carbocycles. The summed E-state index contributed by atoms with van der Waals surface area (Å²) in [6.07, 6.45) is 4.30. The molecule has 0 spiro atoms. The fourth-order valence-electron chi connectivity index (χ4n) is 2.79. The summed E-state index contributed by atoms with van der Waals surface area (Å²) in [7, 11) is 0. The molecule has 1 aromatic carbocycles. The van der Waals surface area contributed by atoms with E-state index < -0.39 is 5.82 Å². The van der Waals surface area contributed by atoms with Gasteiger partial charge in [-0.2, -0.15) is 0 Å². The maximum absolute atomic E-state index is 12.9. The quantitative estimate of drug-likeness (QED) is 0.898. The van der Waals surface area contributed by atoms with Gasteiger partial charge < -0.3 is 10.4 Å². The average Bonchev–Trinajstić information content (AvgIpc) is 2.45. The molecule has 0 heterocycles. The van der Waals surface area contributed by atoms with Crippen LogP contribution in [0.15, 0.2) is 18.2 Å². The van der Waals surface area contributed by atoms with E-state index in [1.165, 1.54) is 12.1 Å². The Hall–Kier alpha value is -1.13. The third-order valence-corrected chi connectivity index (χ3v) is 4.31. The van der Waals surface area contributed by atoms with Gasteiger partial charge in [-0.05, 0) is 42.9 Å². The van der Waals surface area contributed by atoms with Crippen molar-refractivity contribution >= 4 is 17.5 Å². The Kier molecular flexibility index (Phi) is 5.38. The Labute approximate surface area is 123 Å². The Balaban J connectivity index is 1.94. The van der Waals surface area contributed by atoms with Gasteiger partial charge >= 0.3 is 0 Å². The molecule has 2 unspecified atom stereocenters. The first-order chi connectivity index (χ1) is 9.61. The van der Waals surface area contributed by atoms with E-state index in [2.05, 4.69) is 5.32 Å². The molecule has 1 aliphatic rings. The van der Waals surface area contributed by atoms with Crippen molar-refractivity contribution in [2.24, 2.45) is 11.8 Å². The van der Waals surface area contributed by atoms with Gasteiger partial charge in [0.25, 0.3) is 5.91 Å². The van der Waals surface area contributed by atoms with Crippen molar-refractivity contribution < 1.29 is 14.3 Å². The lowest BCUT2D eigenvalue weighted by Gasteiger charge is -2.30. The highest BCUT2D eigenvalue weighted by molar-refractivity contribution is 6.33. The van der Waals surface area contributed by atoms with Crippen molar-refractivity contribution in [2.45, 2.75) is 25.7 Å². The first-order valence-corrected chi connectivity index (χ1v) is 7.33. The molecule has 1 aromatic rings. The van der Waals surface area contributed by atoms with Crippen LogP contribution in [-0.2, 0) is 0 Å². The fraction of sp³-hybridized carbons (Fsp3) is 0.533. The van der Waals surface area contributed by atoms with E-state index in [0.717, 1.165) is 31.7 Å². The summed E-state index contributed by atoms with van der Waals surface area (Å²) in [5.74, 6) is -0.193. The van der Waals surface area contributed by atoms with Crippen LogP contribution in [0.1, 0.15) is 36.0 Å². The zero-order valence-corrected chi connectivity index (χ0v) is 12.0. The number of amides is 1. The van der Waals surface area contributed by atoms with Crippen molar-refractivity contribution in [3.63, 3.8) is 0 Å². The third kappa shape index (κ3) is 3.70. The number of aliphatic hydroxyl groups excluding tert-OH is 1. The molecule has 20 heavy (non-hydrogen) atoms. The highest BCUT2D eigenvalue weighted by Crippen LogP contribution is 2.29. The van der Waals surface area contributed by atoms with Crippen LogP contribution in [-0.4, -0.2) is 24.2 Å². The van der Waals surface area contributed by atoms with E-state index in [9.17, 15) is 14.3 Å². The zero-order valence-electron chi connectivity index (χ0n) is 11.2. The maximum atomic E-state index is 12.9. The predicted molar refractivity (Wildman–Crippen MR) is 76.3 cm³/mol. The van der Waals surface area contributed by atoms with Gasteiger partial charge in [-0.25, -0.2) is 4.39 Å². The molecule has 1 saturated carbocycles. The van der Waals surface area contributed by atoms with Gasteiger partial charge in [0.15, 0.2) is 0 Å². The molecule has 2 N–H and O–H groups in total. The van der Waals surface area contributed by atoms with Gasteiger partial charge in [0.2, 0.25) is 0 Å². The number of halogens is 2. The normalized spacial score (nSPS) is 22.6. The topological polar surface area (TPSA) is 49.3 Å². The van der Waals surface area contributed by atoms with E-state index in [1.54, 1.807) is 0 Å². The molecular weight excluding hydrogens is 281 g/mol. The Morgan fingerprint density at radius 2 is 2.05 bits per heavy atom. The van der Waals surface area contributed by atoms with Crippen molar-refractivity contribution in [1.29, 1.82) is 0 Å². The van der Waals surface area contributed by atoms with E-state index in [4.69, 9.17) is 11.6 Å². The highest BCUT2D eigenvalue weighted by atomic mass is 35.5. The average molecular weight is 300 g/mol. The fourth-order valence-corrected chi connectivity index (χ4v) is 3.04. The van der Waals surface area contributed by atoms with E-state index in [-0.39, 0.29) is 29.0 Å². The van der Waals surface area contributed by atoms with Gasteiger partial charge in [-0.15, -0.1) is 0 Å². The lowest BCUT2D eigenvalue weighted by molar-refractivity contribution is 0.0909. The van der Waals surface area contributed by atoms with Gasteiger partial charge in [0, 0.05) is 13.2 Å². The van der Waals surface area contributed by atoms with Gasteiger partial charge in [0.05, 0.1) is 10.6 Å². The Bertz CT molecular complexity index is 481. The maximum Gasteiger partial charge on any atom is 0.252 e. The number of hydrogen-bond donors (Lipinski definition) is 2. The number of carbonyl (C=O) groups is 1. The summed E-state index contributed by atoms with van der Waals surface area (Å²) in [4.78, 5) is 12.0. The molecule has 5 heteroatoms. The summed E-state index contributed by atoms with van der Waals surface area (Å²) in [5, 5.41) is 12.3. The van der Waals surface area contributed by atoms with E-state index >= 15 is 0 Å². The Morgan fingerprint density at radius 1 is 1.35 bits per heavy atom. The van der Waals surface area contributed by atoms with Crippen LogP contribution in [0.5, 0.6) is 0 Å². The summed E-state index contributed by atoms with van der Waals surface area (Å²) >= 11 is 5.86. The second kappa shape index (κ2) is 7.04. The second-order valence-corrected chi connectivity index (χ2v) is 5.73. The lowest BCUT2D eigenvalue weighted by atomic mass is 9.79. The monoisotopic (exact) mass is 299 g/mol. The minimum Gasteiger partial charge on any atom is -0.396 e. The van der Waals surface area contributed by atoms with Crippen LogP contribution in [0.2, 0.25) is 5.02 Å². The SMILES string of the molecule is O=C(NCC1CCCCC1CO)c1ccc(F)cc1Cl. The van der Waals surface area contributed by atoms with Crippen molar-refractivity contribution in [3.05, 3.63) is 34.6 Å². The molecule has 2 atom stereocenters. The Morgan fingerprint density at radius 3 is 2.70 bits per heavy atom. The van der Waals surface area contributed by atoms with Gasteiger partial charge in [-0.1, -0.05) is 24.4 Å². The minimum atomic E-state index is -0.459. The number of benzene rings is 1. The molecule has 1 fully saturated rings.